The summed E-state index contributed by atoms with van der Waals surface area (Å²) in [5.41, 5.74) is 0. The van der Waals surface area contributed by atoms with E-state index in [4.69, 9.17) is 10.3 Å². The molecule has 1 fully saturated rings. The van der Waals surface area contributed by atoms with Crippen molar-refractivity contribution in [2.75, 3.05) is 6.54 Å². The molecule has 1 heterocycles. The van der Waals surface area contributed by atoms with Crippen LogP contribution in [0.15, 0.2) is 0 Å². The predicted octanol–water partition coefficient (Wildman–Crippen LogP) is 0.882. The first-order valence-corrected chi connectivity index (χ1v) is 3.55. The largest absolute Gasteiger partial charge is 0.507 e. The van der Waals surface area contributed by atoms with Gasteiger partial charge in [0.1, 0.15) is 0 Å². The molecule has 1 atom stereocenters. The van der Waals surface area contributed by atoms with E-state index in [9.17, 15) is 4.79 Å². The van der Waals surface area contributed by atoms with Crippen molar-refractivity contribution < 1.29 is 19.8 Å². The van der Waals surface area contributed by atoms with Gasteiger partial charge in [0.25, 0.3) is 0 Å². The maximum atomic E-state index is 10.1. The molecule has 1 rings (SSSR count). The summed E-state index contributed by atoms with van der Waals surface area (Å²) in [6.07, 6.45) is 0.352. The number of carbonyl (C=O) groups is 1. The van der Waals surface area contributed by atoms with E-state index in [1.54, 1.807) is 0 Å². The molecule has 1 aliphatic rings. The van der Waals surface area contributed by atoms with Gasteiger partial charge in [-0.3, -0.25) is 0 Å². The molecule has 0 radical (unpaired) electrons. The summed E-state index contributed by atoms with van der Waals surface area (Å²) in [6.45, 7) is 0.484. The molecule has 1 saturated heterocycles. The fourth-order valence-electron chi connectivity index (χ4n) is 1.12. The zero-order chi connectivity index (χ0) is 8.27. The molecule has 0 saturated carbocycles. The van der Waals surface area contributed by atoms with Gasteiger partial charge in [0.15, 0.2) is 6.23 Å². The number of carboxylic acid groups (broad SMARTS) is 1. The Hall–Kier alpha value is -0.810. The lowest BCUT2D eigenvalue weighted by Crippen LogP contribution is -2.39. The highest BCUT2D eigenvalue weighted by Crippen LogP contribution is 2.15. The molecule has 5 nitrogen and oxygen atoms in total. The fraction of sp³-hybridized carbons (Fsp3) is 0.833. The number of hydrogen-bond donors (Lipinski definition) is 2. The van der Waals surface area contributed by atoms with Gasteiger partial charge in [-0.2, -0.15) is 5.06 Å². The minimum atomic E-state index is -1.34. The highest BCUT2D eigenvalue weighted by molar-refractivity contribution is 5.56. The fourth-order valence-corrected chi connectivity index (χ4v) is 1.12. The molecule has 0 spiro atoms. The topological polar surface area (TPSA) is 70.0 Å². The third kappa shape index (κ3) is 2.36. The maximum Gasteiger partial charge on any atom is 0.507 e. The van der Waals surface area contributed by atoms with E-state index >= 15 is 0 Å². The quantitative estimate of drug-likeness (QED) is 0.558. The Balaban J connectivity index is 2.35. The summed E-state index contributed by atoms with van der Waals surface area (Å²) in [5.74, 6) is 0. The summed E-state index contributed by atoms with van der Waals surface area (Å²) >= 11 is 0. The van der Waals surface area contributed by atoms with E-state index < -0.39 is 12.4 Å². The van der Waals surface area contributed by atoms with Crippen LogP contribution in [0.5, 0.6) is 0 Å². The van der Waals surface area contributed by atoms with Crippen molar-refractivity contribution in [2.45, 2.75) is 25.5 Å². The second-order valence-corrected chi connectivity index (χ2v) is 2.50. The first-order chi connectivity index (χ1) is 5.20. The van der Waals surface area contributed by atoms with Crippen LogP contribution in [0.2, 0.25) is 0 Å². The monoisotopic (exact) mass is 161 g/mol. The van der Waals surface area contributed by atoms with E-state index in [2.05, 4.69) is 4.74 Å². The van der Waals surface area contributed by atoms with E-state index in [1.165, 1.54) is 0 Å². The van der Waals surface area contributed by atoms with Crippen LogP contribution in [0.1, 0.15) is 19.3 Å². The Morgan fingerprint density at radius 1 is 1.55 bits per heavy atom. The number of piperidine rings is 1. The molecule has 64 valence electrons. The summed E-state index contributed by atoms with van der Waals surface area (Å²) in [6, 6.07) is 0. The van der Waals surface area contributed by atoms with Crippen molar-refractivity contribution in [2.24, 2.45) is 0 Å². The minimum Gasteiger partial charge on any atom is -0.450 e. The highest BCUT2D eigenvalue weighted by Gasteiger charge is 2.23. The van der Waals surface area contributed by atoms with Gasteiger partial charge in [-0.15, -0.1) is 0 Å². The number of hydroxylamine groups is 2. The first-order valence-electron chi connectivity index (χ1n) is 3.55. The van der Waals surface area contributed by atoms with Crippen LogP contribution in [0.25, 0.3) is 0 Å². The van der Waals surface area contributed by atoms with E-state index in [1.807, 2.05) is 0 Å². The van der Waals surface area contributed by atoms with Crippen LogP contribution < -0.4 is 0 Å². The third-order valence-electron chi connectivity index (χ3n) is 1.66. The molecule has 0 aromatic heterocycles. The van der Waals surface area contributed by atoms with Crippen LogP contribution in [0.3, 0.4) is 0 Å². The second kappa shape index (κ2) is 3.54. The molecular weight excluding hydrogens is 150 g/mol. The number of hydrogen-bond acceptors (Lipinski definition) is 4. The van der Waals surface area contributed by atoms with Crippen LogP contribution >= 0.6 is 0 Å². The Morgan fingerprint density at radius 2 is 2.27 bits per heavy atom. The first kappa shape index (κ1) is 8.29. The zero-order valence-corrected chi connectivity index (χ0v) is 6.06. The molecular formula is C6H11NO4. The normalized spacial score (nSPS) is 26.5. The second-order valence-electron chi connectivity index (χ2n) is 2.50. The molecule has 0 aromatic rings. The van der Waals surface area contributed by atoms with Crippen molar-refractivity contribution in [3.63, 3.8) is 0 Å². The number of rotatable bonds is 1. The summed E-state index contributed by atoms with van der Waals surface area (Å²) in [5, 5.41) is 18.2. The predicted molar refractivity (Wildman–Crippen MR) is 35.2 cm³/mol. The molecule has 0 bridgehead atoms. The summed E-state index contributed by atoms with van der Waals surface area (Å²) in [7, 11) is 0. The Labute approximate surface area is 64.1 Å². The lowest BCUT2D eigenvalue weighted by Gasteiger charge is -2.28. The van der Waals surface area contributed by atoms with E-state index in [0.29, 0.717) is 13.0 Å². The van der Waals surface area contributed by atoms with Gasteiger partial charge in [0.2, 0.25) is 0 Å². The smallest absolute Gasteiger partial charge is 0.450 e. The van der Waals surface area contributed by atoms with Gasteiger partial charge in [-0.05, 0) is 12.8 Å². The van der Waals surface area contributed by atoms with Crippen LogP contribution in [-0.4, -0.2) is 34.3 Å². The molecule has 2 N–H and O–H groups in total. The van der Waals surface area contributed by atoms with Crippen LogP contribution in [-0.2, 0) is 4.74 Å². The van der Waals surface area contributed by atoms with Crippen molar-refractivity contribution in [3.05, 3.63) is 0 Å². The van der Waals surface area contributed by atoms with Crippen LogP contribution in [0.4, 0.5) is 4.79 Å². The van der Waals surface area contributed by atoms with Gasteiger partial charge < -0.3 is 15.1 Å². The third-order valence-corrected chi connectivity index (χ3v) is 1.66. The Bertz CT molecular complexity index is 150. The van der Waals surface area contributed by atoms with Gasteiger partial charge in [0, 0.05) is 13.0 Å². The van der Waals surface area contributed by atoms with Crippen molar-refractivity contribution in [1.29, 1.82) is 0 Å². The number of ether oxygens (including phenoxy) is 1. The molecule has 0 aliphatic carbocycles. The van der Waals surface area contributed by atoms with Crippen molar-refractivity contribution >= 4 is 6.16 Å². The molecule has 11 heavy (non-hydrogen) atoms. The Morgan fingerprint density at radius 3 is 2.82 bits per heavy atom. The molecule has 5 heteroatoms. The van der Waals surface area contributed by atoms with Gasteiger partial charge in [0.05, 0.1) is 0 Å². The molecule has 1 aliphatic heterocycles. The zero-order valence-electron chi connectivity index (χ0n) is 6.06. The Kier molecular flexibility index (Phi) is 2.67. The van der Waals surface area contributed by atoms with Gasteiger partial charge in [-0.25, -0.2) is 4.79 Å². The molecule has 0 amide bonds. The average Bonchev–Trinajstić information content (AvgIpc) is 1.93. The lowest BCUT2D eigenvalue weighted by atomic mass is 10.1. The van der Waals surface area contributed by atoms with Crippen LogP contribution in [0, 0.1) is 0 Å². The standard InChI is InChI=1S/C6H11NO4/c8-6(9)11-5-3-1-2-4-7(5)10/h5,10H,1-4H2,(H,8,9). The maximum absolute atomic E-state index is 10.1. The van der Waals surface area contributed by atoms with Crippen molar-refractivity contribution in [3.8, 4) is 0 Å². The van der Waals surface area contributed by atoms with E-state index in [-0.39, 0.29) is 0 Å². The van der Waals surface area contributed by atoms with Crippen molar-refractivity contribution in [1.82, 2.24) is 5.06 Å². The lowest BCUT2D eigenvalue weighted by molar-refractivity contribution is -0.214. The van der Waals surface area contributed by atoms with Gasteiger partial charge in [-0.1, -0.05) is 0 Å². The summed E-state index contributed by atoms with van der Waals surface area (Å²) < 4.78 is 4.40. The van der Waals surface area contributed by atoms with Gasteiger partial charge >= 0.3 is 6.16 Å². The van der Waals surface area contributed by atoms with E-state index in [0.717, 1.165) is 17.9 Å². The average molecular weight is 161 g/mol. The minimum absolute atomic E-state index is 0.484. The number of nitrogens with zero attached hydrogens (tertiary/aromatic N) is 1. The highest BCUT2D eigenvalue weighted by atomic mass is 16.7. The molecule has 1 unspecified atom stereocenters. The summed E-state index contributed by atoms with van der Waals surface area (Å²) in [4.78, 5) is 10.1. The molecule has 0 aromatic carbocycles. The SMILES string of the molecule is O=C(O)OC1CCCCN1O.